The van der Waals surface area contributed by atoms with Crippen molar-refractivity contribution in [2.45, 2.75) is 101 Å². The van der Waals surface area contributed by atoms with Crippen LogP contribution in [0.1, 0.15) is 77.9 Å². The molecule has 58 heavy (non-hydrogen) atoms. The predicted molar refractivity (Wildman–Crippen MR) is 227 cm³/mol. The molecule has 0 aliphatic heterocycles. The second kappa shape index (κ2) is 18.1. The molecule has 0 atom stereocenters. The van der Waals surface area contributed by atoms with Crippen LogP contribution in [0.5, 0.6) is 11.5 Å². The quantitative estimate of drug-likeness (QED) is 0.158. The van der Waals surface area contributed by atoms with Gasteiger partial charge in [0, 0.05) is 0 Å². The molecular formula is C51H54F6O. The number of hydrogen-bond donors (Lipinski definition) is 0. The van der Waals surface area contributed by atoms with Crippen LogP contribution in [-0.4, -0.2) is 12.4 Å². The maximum atomic E-state index is 14.0. The van der Waals surface area contributed by atoms with Crippen molar-refractivity contribution in [2.24, 2.45) is 0 Å². The minimum absolute atomic E-state index is 0.374. The van der Waals surface area contributed by atoms with Gasteiger partial charge in [-0.2, -0.15) is 26.3 Å². The van der Waals surface area contributed by atoms with Gasteiger partial charge in [0.15, 0.2) is 0 Å². The molecule has 0 aliphatic carbocycles. The molecule has 0 spiro atoms. The molecule has 0 amide bonds. The molecule has 6 aromatic carbocycles. The third kappa shape index (κ3) is 10.2. The van der Waals surface area contributed by atoms with Gasteiger partial charge >= 0.3 is 12.4 Å². The highest BCUT2D eigenvalue weighted by molar-refractivity contribution is 5.66. The maximum Gasteiger partial charge on any atom is 0.411 e. The Morgan fingerprint density at radius 3 is 0.810 bits per heavy atom. The topological polar surface area (TPSA) is 9.23 Å². The molecule has 0 bridgehead atoms. The minimum Gasteiger partial charge on any atom is -0.457 e. The average Bonchev–Trinajstić information content (AvgIpc) is 3.13. The van der Waals surface area contributed by atoms with Crippen LogP contribution in [0.15, 0.2) is 109 Å². The van der Waals surface area contributed by atoms with Crippen LogP contribution >= 0.6 is 0 Å². The zero-order valence-corrected chi connectivity index (χ0v) is 35.6. The summed E-state index contributed by atoms with van der Waals surface area (Å²) in [5.74, 6) is 1.80. The highest BCUT2D eigenvalue weighted by Gasteiger charge is 2.72. The van der Waals surface area contributed by atoms with Crippen molar-refractivity contribution in [3.63, 3.8) is 0 Å². The fourth-order valence-corrected chi connectivity index (χ4v) is 6.46. The van der Waals surface area contributed by atoms with Crippen molar-refractivity contribution in [3.05, 3.63) is 187 Å². The van der Waals surface area contributed by atoms with Crippen molar-refractivity contribution in [1.82, 2.24) is 0 Å². The highest BCUT2D eigenvalue weighted by Crippen LogP contribution is 2.56. The molecule has 0 saturated heterocycles. The van der Waals surface area contributed by atoms with Crippen LogP contribution in [-0.2, 0) is 5.41 Å². The van der Waals surface area contributed by atoms with Gasteiger partial charge in [0.1, 0.15) is 11.5 Å². The summed E-state index contributed by atoms with van der Waals surface area (Å²) in [5.41, 5.74) is 9.42. The van der Waals surface area contributed by atoms with Gasteiger partial charge in [-0.05, 0) is 196 Å². The smallest absolute Gasteiger partial charge is 0.411 e. The first-order valence-electron chi connectivity index (χ1n) is 19.2. The standard InChI is InChI=1S/C19H18F6.C16H18O.C16H18/c1-11-5-7-15(9-13(11)3)17(18(20,21)22,19(23,24)25)16-8-6-12(2)14(4)10-16;1-11-5-7-15(9-13(11)3)17-16-8-6-12(2)14(4)10-16;1-11-5-7-15(9-13(11)3)16-8-6-12(2)14(4)10-16/h5-10H,1-4H3;5-10H,1-4H3;5-10H,1-4H3. The van der Waals surface area contributed by atoms with Crippen molar-refractivity contribution >= 4 is 0 Å². The Balaban J connectivity index is 0.000000199. The van der Waals surface area contributed by atoms with E-state index >= 15 is 0 Å². The van der Waals surface area contributed by atoms with Gasteiger partial charge in [0.05, 0.1) is 0 Å². The molecule has 0 radical (unpaired) electrons. The molecule has 0 aromatic heterocycles. The number of benzene rings is 6. The highest BCUT2D eigenvalue weighted by atomic mass is 19.4. The lowest BCUT2D eigenvalue weighted by molar-refractivity contribution is -0.288. The molecule has 0 fully saturated rings. The first-order valence-corrected chi connectivity index (χ1v) is 19.2. The number of halogens is 6. The van der Waals surface area contributed by atoms with E-state index in [-0.39, 0.29) is 0 Å². The van der Waals surface area contributed by atoms with Crippen molar-refractivity contribution in [3.8, 4) is 22.6 Å². The Bertz CT molecular complexity index is 2220. The molecule has 7 heteroatoms. The molecule has 0 aliphatic rings. The van der Waals surface area contributed by atoms with E-state index in [0.717, 1.165) is 35.8 Å². The molecule has 306 valence electrons. The summed E-state index contributed by atoms with van der Waals surface area (Å²) < 4.78 is 89.8. The van der Waals surface area contributed by atoms with E-state index in [1.165, 1.54) is 81.6 Å². The lowest BCUT2D eigenvalue weighted by Gasteiger charge is -2.38. The molecule has 0 unspecified atom stereocenters. The summed E-state index contributed by atoms with van der Waals surface area (Å²) in [6.45, 7) is 23.3. The van der Waals surface area contributed by atoms with Gasteiger partial charge in [-0.1, -0.05) is 84.9 Å². The number of ether oxygens (including phenoxy) is 1. The SMILES string of the molecule is Cc1ccc(-c2ccc(C)c(C)c2)cc1C.Cc1ccc(C(c2ccc(C)c(C)c2)(C(F)(F)F)C(F)(F)F)cc1C.Cc1ccc(Oc2ccc(C)c(C)c2)cc1C. The van der Waals surface area contributed by atoms with Crippen LogP contribution in [0.4, 0.5) is 26.3 Å². The van der Waals surface area contributed by atoms with Crippen LogP contribution < -0.4 is 4.74 Å². The third-order valence-corrected chi connectivity index (χ3v) is 11.3. The summed E-state index contributed by atoms with van der Waals surface area (Å²) >= 11 is 0. The molecule has 6 aromatic rings. The lowest BCUT2D eigenvalue weighted by atomic mass is 9.71. The van der Waals surface area contributed by atoms with E-state index < -0.39 is 28.9 Å². The monoisotopic (exact) mass is 796 g/mol. The van der Waals surface area contributed by atoms with Gasteiger partial charge in [0.25, 0.3) is 0 Å². The van der Waals surface area contributed by atoms with E-state index in [9.17, 15) is 26.3 Å². The average molecular weight is 797 g/mol. The van der Waals surface area contributed by atoms with Crippen LogP contribution in [0.3, 0.4) is 0 Å². The Kier molecular flexibility index (Phi) is 14.2. The van der Waals surface area contributed by atoms with E-state index in [0.29, 0.717) is 22.3 Å². The van der Waals surface area contributed by atoms with E-state index in [1.807, 2.05) is 12.1 Å². The molecule has 1 nitrogen and oxygen atoms in total. The van der Waals surface area contributed by atoms with Crippen molar-refractivity contribution < 1.29 is 31.1 Å². The number of hydrogen-bond acceptors (Lipinski definition) is 1. The lowest BCUT2D eigenvalue weighted by Crippen LogP contribution is -2.54. The second-order valence-corrected chi connectivity index (χ2v) is 15.5. The second-order valence-electron chi connectivity index (χ2n) is 15.5. The summed E-state index contributed by atoms with van der Waals surface area (Å²) in [5, 5.41) is 0. The van der Waals surface area contributed by atoms with Gasteiger partial charge in [-0.25, -0.2) is 0 Å². The number of rotatable bonds is 5. The fourth-order valence-electron chi connectivity index (χ4n) is 6.46. The largest absolute Gasteiger partial charge is 0.457 e. The minimum atomic E-state index is -5.55. The predicted octanol–water partition coefficient (Wildman–Crippen LogP) is 15.6. The van der Waals surface area contributed by atoms with E-state index in [2.05, 4.69) is 116 Å². The number of alkyl halides is 6. The Morgan fingerprint density at radius 2 is 0.552 bits per heavy atom. The Morgan fingerprint density at radius 1 is 0.293 bits per heavy atom. The number of aryl methyl sites for hydroxylation is 12. The Hall–Kier alpha value is -5.30. The van der Waals surface area contributed by atoms with Crippen LogP contribution in [0.2, 0.25) is 0 Å². The first-order chi connectivity index (χ1) is 27.0. The fraction of sp³-hybridized carbons (Fsp3) is 0.294. The zero-order chi connectivity index (χ0) is 43.3. The summed E-state index contributed by atoms with van der Waals surface area (Å²) in [4.78, 5) is 0. The van der Waals surface area contributed by atoms with Gasteiger partial charge in [-0.3, -0.25) is 0 Å². The van der Waals surface area contributed by atoms with E-state index in [1.54, 1.807) is 13.8 Å². The summed E-state index contributed by atoms with van der Waals surface area (Å²) in [6, 6.07) is 32.0. The van der Waals surface area contributed by atoms with Crippen LogP contribution in [0.25, 0.3) is 11.1 Å². The summed E-state index contributed by atoms with van der Waals surface area (Å²) in [7, 11) is 0. The van der Waals surface area contributed by atoms with E-state index in [4.69, 9.17) is 4.74 Å². The Labute approximate surface area is 340 Å². The van der Waals surface area contributed by atoms with Crippen molar-refractivity contribution in [1.29, 1.82) is 0 Å². The normalized spacial score (nSPS) is 11.6. The van der Waals surface area contributed by atoms with Crippen LogP contribution in [0, 0.1) is 83.1 Å². The molecule has 0 saturated carbocycles. The maximum absolute atomic E-state index is 14.0. The molecule has 6 rings (SSSR count). The molecule has 0 heterocycles. The zero-order valence-electron chi connectivity index (χ0n) is 35.6. The van der Waals surface area contributed by atoms with Gasteiger partial charge in [-0.15, -0.1) is 0 Å². The van der Waals surface area contributed by atoms with Crippen molar-refractivity contribution in [2.75, 3.05) is 0 Å². The third-order valence-electron chi connectivity index (χ3n) is 11.3. The molecular weight excluding hydrogens is 743 g/mol. The molecule has 0 N–H and O–H groups in total. The van der Waals surface area contributed by atoms with Gasteiger partial charge < -0.3 is 4.74 Å². The van der Waals surface area contributed by atoms with Gasteiger partial charge in [0.2, 0.25) is 5.41 Å². The first kappa shape index (κ1) is 45.4. The summed E-state index contributed by atoms with van der Waals surface area (Å²) in [6.07, 6.45) is -11.1.